The van der Waals surface area contributed by atoms with Gasteiger partial charge in [0, 0.05) is 7.05 Å². The number of carbonyl (C=O) groups is 1. The molecule has 3 rings (SSSR count). The normalized spacial score (nSPS) is 12.2. The van der Waals surface area contributed by atoms with E-state index in [-0.39, 0.29) is 16.7 Å². The van der Waals surface area contributed by atoms with Crippen LogP contribution in [-0.2, 0) is 18.4 Å². The maximum atomic E-state index is 12.4. The van der Waals surface area contributed by atoms with E-state index >= 15 is 0 Å². The third kappa shape index (κ3) is 3.35. The highest BCUT2D eigenvalue weighted by molar-refractivity contribution is 8.00. The van der Waals surface area contributed by atoms with Gasteiger partial charge in [0.1, 0.15) is 5.76 Å². The van der Waals surface area contributed by atoms with Crippen molar-refractivity contribution in [3.63, 3.8) is 0 Å². The smallest absolute Gasteiger partial charge is 0.261 e. The average molecular weight is 343 g/mol. The molecule has 1 atom stereocenters. The number of thioether (sulfide) groups is 1. The first-order valence-corrected chi connectivity index (χ1v) is 8.37. The Balaban J connectivity index is 1.75. The summed E-state index contributed by atoms with van der Waals surface area (Å²) < 4.78 is 6.66. The summed E-state index contributed by atoms with van der Waals surface area (Å²) in [4.78, 5) is 29.1. The molecule has 2 aromatic heterocycles. The van der Waals surface area contributed by atoms with Gasteiger partial charge in [0.2, 0.25) is 5.91 Å². The van der Waals surface area contributed by atoms with Gasteiger partial charge in [-0.2, -0.15) is 0 Å². The molecule has 0 radical (unpaired) electrons. The Hall–Kier alpha value is -2.54. The predicted octanol–water partition coefficient (Wildman–Crippen LogP) is 2.32. The molecular weight excluding hydrogens is 326 g/mol. The van der Waals surface area contributed by atoms with Crippen LogP contribution in [0.15, 0.2) is 57.0 Å². The SMILES string of the molecule is CC(Sc1nc2ccccc2c(=O)n1C)C(=O)NCc1ccco1. The summed E-state index contributed by atoms with van der Waals surface area (Å²) in [6.45, 7) is 2.12. The number of fused-ring (bicyclic) bond motifs is 1. The van der Waals surface area contributed by atoms with Crippen LogP contribution in [0.3, 0.4) is 0 Å². The Morgan fingerprint density at radius 2 is 2.12 bits per heavy atom. The molecule has 2 heterocycles. The average Bonchev–Trinajstić information content (AvgIpc) is 3.10. The van der Waals surface area contributed by atoms with E-state index < -0.39 is 0 Å². The Morgan fingerprint density at radius 3 is 2.88 bits per heavy atom. The zero-order valence-corrected chi connectivity index (χ0v) is 14.2. The number of benzene rings is 1. The molecule has 0 aliphatic rings. The Kier molecular flexibility index (Phi) is 4.71. The molecule has 0 saturated carbocycles. The van der Waals surface area contributed by atoms with Crippen LogP contribution in [0.5, 0.6) is 0 Å². The van der Waals surface area contributed by atoms with E-state index in [9.17, 15) is 9.59 Å². The Bertz CT molecular complexity index is 918. The van der Waals surface area contributed by atoms with Gasteiger partial charge in [-0.25, -0.2) is 4.98 Å². The molecule has 24 heavy (non-hydrogen) atoms. The number of rotatable bonds is 5. The van der Waals surface area contributed by atoms with Crippen molar-refractivity contribution in [1.29, 1.82) is 0 Å². The van der Waals surface area contributed by atoms with Crippen molar-refractivity contribution in [3.8, 4) is 0 Å². The quantitative estimate of drug-likeness (QED) is 0.568. The molecular formula is C17H17N3O3S. The predicted molar refractivity (Wildman–Crippen MR) is 92.9 cm³/mol. The lowest BCUT2D eigenvalue weighted by Crippen LogP contribution is -2.31. The van der Waals surface area contributed by atoms with Crippen LogP contribution < -0.4 is 10.9 Å². The topological polar surface area (TPSA) is 77.1 Å². The van der Waals surface area contributed by atoms with Gasteiger partial charge in [0.15, 0.2) is 5.16 Å². The second kappa shape index (κ2) is 6.92. The van der Waals surface area contributed by atoms with Crippen molar-refractivity contribution in [3.05, 3.63) is 58.8 Å². The summed E-state index contributed by atoms with van der Waals surface area (Å²) >= 11 is 1.25. The molecule has 7 heteroatoms. The number of aromatic nitrogens is 2. The van der Waals surface area contributed by atoms with Crippen LogP contribution in [0.2, 0.25) is 0 Å². The van der Waals surface area contributed by atoms with Crippen molar-refractivity contribution in [2.45, 2.75) is 23.9 Å². The number of carbonyl (C=O) groups excluding carboxylic acids is 1. The molecule has 3 aromatic rings. The first-order chi connectivity index (χ1) is 11.6. The van der Waals surface area contributed by atoms with Gasteiger partial charge in [-0.3, -0.25) is 14.2 Å². The van der Waals surface area contributed by atoms with E-state index in [4.69, 9.17) is 4.42 Å². The molecule has 0 bridgehead atoms. The minimum atomic E-state index is -0.390. The number of hydrogen-bond donors (Lipinski definition) is 1. The van der Waals surface area contributed by atoms with E-state index in [0.717, 1.165) is 0 Å². The summed E-state index contributed by atoms with van der Waals surface area (Å²) in [5, 5.41) is 3.50. The summed E-state index contributed by atoms with van der Waals surface area (Å²) in [7, 11) is 1.66. The van der Waals surface area contributed by atoms with Crippen LogP contribution in [0, 0.1) is 0 Å². The molecule has 1 amide bonds. The van der Waals surface area contributed by atoms with E-state index in [2.05, 4.69) is 10.3 Å². The fourth-order valence-electron chi connectivity index (χ4n) is 2.25. The first kappa shape index (κ1) is 16.3. The largest absolute Gasteiger partial charge is 0.467 e. The van der Waals surface area contributed by atoms with E-state index in [1.165, 1.54) is 16.3 Å². The second-order valence-electron chi connectivity index (χ2n) is 5.33. The zero-order chi connectivity index (χ0) is 17.1. The van der Waals surface area contributed by atoms with Gasteiger partial charge < -0.3 is 9.73 Å². The van der Waals surface area contributed by atoms with Crippen LogP contribution in [0.25, 0.3) is 10.9 Å². The number of amides is 1. The lowest BCUT2D eigenvalue weighted by Gasteiger charge is -2.13. The second-order valence-corrected chi connectivity index (χ2v) is 6.64. The molecule has 1 aromatic carbocycles. The van der Waals surface area contributed by atoms with Gasteiger partial charge in [-0.05, 0) is 31.2 Å². The summed E-state index contributed by atoms with van der Waals surface area (Å²) in [6, 6.07) is 10.8. The number of nitrogens with zero attached hydrogens (tertiary/aromatic N) is 2. The minimum absolute atomic E-state index is 0.119. The molecule has 0 aliphatic heterocycles. The highest BCUT2D eigenvalue weighted by Crippen LogP contribution is 2.21. The standard InChI is InChI=1S/C17H17N3O3S/c1-11(15(21)18-10-12-6-5-9-23-12)24-17-19-14-8-4-3-7-13(14)16(22)20(17)2/h3-9,11H,10H2,1-2H3,(H,18,21). The van der Waals surface area contributed by atoms with Crippen LogP contribution >= 0.6 is 11.8 Å². The van der Waals surface area contributed by atoms with Gasteiger partial charge in [-0.1, -0.05) is 23.9 Å². The van der Waals surface area contributed by atoms with Gasteiger partial charge in [-0.15, -0.1) is 0 Å². The molecule has 0 fully saturated rings. The molecule has 1 N–H and O–H groups in total. The number of furan rings is 1. The lowest BCUT2D eigenvalue weighted by molar-refractivity contribution is -0.120. The van der Waals surface area contributed by atoms with Crippen molar-refractivity contribution in [2.75, 3.05) is 0 Å². The molecule has 0 saturated heterocycles. The maximum Gasteiger partial charge on any atom is 0.261 e. The van der Waals surface area contributed by atoms with Crippen molar-refractivity contribution < 1.29 is 9.21 Å². The van der Waals surface area contributed by atoms with Gasteiger partial charge >= 0.3 is 0 Å². The van der Waals surface area contributed by atoms with E-state index in [0.29, 0.717) is 28.4 Å². The van der Waals surface area contributed by atoms with Crippen molar-refractivity contribution >= 4 is 28.6 Å². The molecule has 6 nitrogen and oxygen atoms in total. The third-order valence-corrected chi connectivity index (χ3v) is 4.75. The molecule has 0 spiro atoms. The number of para-hydroxylation sites is 1. The monoisotopic (exact) mass is 343 g/mol. The van der Waals surface area contributed by atoms with Gasteiger partial charge in [0.25, 0.3) is 5.56 Å². The van der Waals surface area contributed by atoms with Crippen molar-refractivity contribution in [2.24, 2.45) is 7.05 Å². The summed E-state index contributed by atoms with van der Waals surface area (Å²) in [6.07, 6.45) is 1.56. The molecule has 124 valence electrons. The highest BCUT2D eigenvalue weighted by Gasteiger charge is 2.18. The number of hydrogen-bond acceptors (Lipinski definition) is 5. The van der Waals surface area contributed by atoms with E-state index in [1.54, 1.807) is 44.5 Å². The summed E-state index contributed by atoms with van der Waals surface area (Å²) in [5.74, 6) is 0.551. The summed E-state index contributed by atoms with van der Waals surface area (Å²) in [5.41, 5.74) is 0.512. The molecule has 1 unspecified atom stereocenters. The lowest BCUT2D eigenvalue weighted by atomic mass is 10.2. The van der Waals surface area contributed by atoms with Crippen LogP contribution in [-0.4, -0.2) is 20.7 Å². The number of nitrogens with one attached hydrogen (secondary N) is 1. The fraction of sp³-hybridized carbons (Fsp3) is 0.235. The Morgan fingerprint density at radius 1 is 1.33 bits per heavy atom. The third-order valence-electron chi connectivity index (χ3n) is 3.61. The highest BCUT2D eigenvalue weighted by atomic mass is 32.2. The van der Waals surface area contributed by atoms with Crippen molar-refractivity contribution in [1.82, 2.24) is 14.9 Å². The first-order valence-electron chi connectivity index (χ1n) is 7.49. The van der Waals surface area contributed by atoms with Crippen LogP contribution in [0.1, 0.15) is 12.7 Å². The molecule has 0 aliphatic carbocycles. The zero-order valence-electron chi connectivity index (χ0n) is 13.4. The van der Waals surface area contributed by atoms with E-state index in [1.807, 2.05) is 12.1 Å². The van der Waals surface area contributed by atoms with Gasteiger partial charge in [0.05, 0.1) is 29.0 Å². The fourth-order valence-corrected chi connectivity index (χ4v) is 3.14. The Labute approximate surface area is 142 Å². The van der Waals surface area contributed by atoms with Crippen LogP contribution in [0.4, 0.5) is 0 Å². The minimum Gasteiger partial charge on any atom is -0.467 e. The maximum absolute atomic E-state index is 12.4.